The Hall–Kier alpha value is -1.94. The number of para-hydroxylation sites is 2. The normalized spacial score (nSPS) is 16.1. The molecule has 31 heavy (non-hydrogen) atoms. The number of halogens is 1. The van der Waals surface area contributed by atoms with Crippen molar-refractivity contribution in [3.05, 3.63) is 48.4 Å². The van der Waals surface area contributed by atoms with Gasteiger partial charge in [-0.05, 0) is 44.0 Å². The van der Waals surface area contributed by atoms with Crippen molar-refractivity contribution >= 4 is 35.6 Å². The number of guanidine groups is 1. The molecule has 172 valence electrons. The van der Waals surface area contributed by atoms with Gasteiger partial charge in [0.25, 0.3) is 0 Å². The van der Waals surface area contributed by atoms with Gasteiger partial charge in [-0.25, -0.2) is 0 Å². The van der Waals surface area contributed by atoms with Gasteiger partial charge in [0, 0.05) is 51.9 Å². The lowest BCUT2D eigenvalue weighted by molar-refractivity contribution is 0.146. The Morgan fingerprint density at radius 1 is 1.26 bits per heavy atom. The van der Waals surface area contributed by atoms with Crippen LogP contribution in [0.2, 0.25) is 0 Å². The quantitative estimate of drug-likeness (QED) is 0.196. The summed E-state index contributed by atoms with van der Waals surface area (Å²) in [4.78, 5) is 7.12. The van der Waals surface area contributed by atoms with Crippen molar-refractivity contribution in [3.8, 4) is 5.75 Å². The van der Waals surface area contributed by atoms with E-state index in [9.17, 15) is 0 Å². The van der Waals surface area contributed by atoms with Crippen LogP contribution in [0.15, 0.2) is 52.1 Å². The molecule has 0 aliphatic carbocycles. The van der Waals surface area contributed by atoms with Crippen LogP contribution < -0.4 is 20.3 Å². The van der Waals surface area contributed by atoms with E-state index in [1.807, 2.05) is 31.2 Å². The Labute approximate surface area is 202 Å². The molecule has 1 fully saturated rings. The van der Waals surface area contributed by atoms with E-state index in [0.29, 0.717) is 6.04 Å². The highest BCUT2D eigenvalue weighted by Crippen LogP contribution is 2.30. The van der Waals surface area contributed by atoms with Gasteiger partial charge in [0.1, 0.15) is 11.5 Å². The van der Waals surface area contributed by atoms with Gasteiger partial charge in [-0.15, -0.1) is 24.0 Å². The molecule has 0 spiro atoms. The number of nitrogens with zero attached hydrogens (tertiary/aromatic N) is 2. The van der Waals surface area contributed by atoms with Gasteiger partial charge in [-0.2, -0.15) is 0 Å². The number of rotatable bonds is 11. The largest absolute Gasteiger partial charge is 0.495 e. The molecule has 1 saturated heterocycles. The molecule has 3 rings (SSSR count). The first-order valence-electron chi connectivity index (χ1n) is 10.8. The number of anilines is 1. The predicted molar refractivity (Wildman–Crippen MR) is 136 cm³/mol. The van der Waals surface area contributed by atoms with E-state index in [4.69, 9.17) is 18.9 Å². The third-order valence-electron chi connectivity index (χ3n) is 5.12. The molecule has 1 aliphatic heterocycles. The maximum absolute atomic E-state index is 5.53. The summed E-state index contributed by atoms with van der Waals surface area (Å²) in [5.74, 6) is 2.74. The first-order valence-corrected chi connectivity index (χ1v) is 10.8. The Morgan fingerprint density at radius 3 is 2.90 bits per heavy atom. The molecule has 2 heterocycles. The summed E-state index contributed by atoms with van der Waals surface area (Å²) < 4.78 is 16.4. The van der Waals surface area contributed by atoms with E-state index < -0.39 is 0 Å². The molecule has 7 nitrogen and oxygen atoms in total. The van der Waals surface area contributed by atoms with Crippen LogP contribution in [-0.2, 0) is 11.2 Å². The van der Waals surface area contributed by atoms with Crippen molar-refractivity contribution in [2.45, 2.75) is 32.2 Å². The first-order chi connectivity index (χ1) is 14.8. The number of ether oxygens (including phenoxy) is 2. The van der Waals surface area contributed by atoms with Crippen LogP contribution in [0.3, 0.4) is 0 Å². The van der Waals surface area contributed by atoms with Crippen LogP contribution in [0.25, 0.3) is 0 Å². The van der Waals surface area contributed by atoms with Crippen molar-refractivity contribution in [3.63, 3.8) is 0 Å². The summed E-state index contributed by atoms with van der Waals surface area (Å²) in [7, 11) is 1.72. The third kappa shape index (κ3) is 8.25. The van der Waals surface area contributed by atoms with Crippen LogP contribution in [0.5, 0.6) is 5.75 Å². The maximum Gasteiger partial charge on any atom is 0.191 e. The lowest BCUT2D eigenvalue weighted by atomic mass is 10.2. The predicted octanol–water partition coefficient (Wildman–Crippen LogP) is 3.69. The van der Waals surface area contributed by atoms with Gasteiger partial charge in [-0.3, -0.25) is 4.99 Å². The van der Waals surface area contributed by atoms with Gasteiger partial charge in [0.05, 0.1) is 19.1 Å². The van der Waals surface area contributed by atoms with Gasteiger partial charge >= 0.3 is 0 Å². The molecule has 8 heteroatoms. The van der Waals surface area contributed by atoms with Crippen LogP contribution in [0.1, 0.15) is 25.5 Å². The third-order valence-corrected chi connectivity index (χ3v) is 5.12. The molecule has 0 bridgehead atoms. The van der Waals surface area contributed by atoms with Gasteiger partial charge in [-0.1, -0.05) is 12.1 Å². The average Bonchev–Trinajstić information content (AvgIpc) is 3.45. The molecule has 1 aromatic heterocycles. The van der Waals surface area contributed by atoms with Crippen LogP contribution >= 0.6 is 24.0 Å². The van der Waals surface area contributed by atoms with E-state index in [2.05, 4.69) is 27.7 Å². The van der Waals surface area contributed by atoms with Crippen molar-refractivity contribution < 1.29 is 13.9 Å². The van der Waals surface area contributed by atoms with Crippen LogP contribution in [0, 0.1) is 0 Å². The molecular weight excluding hydrogens is 507 g/mol. The smallest absolute Gasteiger partial charge is 0.191 e. The van der Waals surface area contributed by atoms with E-state index in [1.165, 1.54) is 0 Å². The van der Waals surface area contributed by atoms with E-state index in [1.54, 1.807) is 13.4 Å². The number of methoxy groups -OCH3 is 1. The van der Waals surface area contributed by atoms with Crippen LogP contribution in [-0.4, -0.2) is 58.5 Å². The van der Waals surface area contributed by atoms with Gasteiger partial charge < -0.3 is 29.4 Å². The number of hydrogen-bond acceptors (Lipinski definition) is 5. The van der Waals surface area contributed by atoms with Gasteiger partial charge in [0.15, 0.2) is 5.96 Å². The highest BCUT2D eigenvalue weighted by atomic mass is 127. The summed E-state index contributed by atoms with van der Waals surface area (Å²) in [6.07, 6.45) is 4.50. The number of furan rings is 1. The molecule has 0 radical (unpaired) electrons. The van der Waals surface area contributed by atoms with E-state index >= 15 is 0 Å². The second kappa shape index (κ2) is 14.2. The standard InChI is InChI=1S/C23H34N4O3.HI/c1-3-29-16-7-13-24-23(25-14-11-20-8-6-17-30-20)26-19-12-15-27(18-19)21-9-4-5-10-22(21)28-2;/h4-6,8-10,17,19H,3,7,11-16,18H2,1-2H3,(H2,24,25,26);1H. The Balaban J connectivity index is 0.00000341. The fourth-order valence-electron chi connectivity index (χ4n) is 3.59. The van der Waals surface area contributed by atoms with Crippen LogP contribution in [0.4, 0.5) is 5.69 Å². The topological polar surface area (TPSA) is 71.3 Å². The molecule has 0 amide bonds. The first kappa shape index (κ1) is 25.3. The fraction of sp³-hybridized carbons (Fsp3) is 0.522. The minimum absolute atomic E-state index is 0. The summed E-state index contributed by atoms with van der Waals surface area (Å²) >= 11 is 0. The number of nitrogens with one attached hydrogen (secondary N) is 2. The zero-order valence-corrected chi connectivity index (χ0v) is 20.8. The monoisotopic (exact) mass is 542 g/mol. The number of benzene rings is 1. The zero-order valence-electron chi connectivity index (χ0n) is 18.5. The van der Waals surface area contributed by atoms with Crippen molar-refractivity contribution in [1.82, 2.24) is 10.6 Å². The minimum atomic E-state index is 0. The van der Waals surface area contributed by atoms with Gasteiger partial charge in [0.2, 0.25) is 0 Å². The molecule has 1 unspecified atom stereocenters. The average molecular weight is 542 g/mol. The number of aliphatic imine (C=N–C) groups is 1. The Morgan fingerprint density at radius 2 is 2.13 bits per heavy atom. The second-order valence-corrected chi connectivity index (χ2v) is 7.28. The zero-order chi connectivity index (χ0) is 21.0. The highest BCUT2D eigenvalue weighted by Gasteiger charge is 2.25. The molecule has 1 aliphatic rings. The summed E-state index contributed by atoms with van der Waals surface area (Å²) in [5.41, 5.74) is 1.14. The van der Waals surface area contributed by atoms with E-state index in [-0.39, 0.29) is 24.0 Å². The Bertz CT molecular complexity index is 770. The molecule has 1 aromatic carbocycles. The van der Waals surface area contributed by atoms with Crippen molar-refractivity contribution in [2.24, 2.45) is 4.99 Å². The van der Waals surface area contributed by atoms with Crippen molar-refractivity contribution in [2.75, 3.05) is 51.4 Å². The summed E-state index contributed by atoms with van der Waals surface area (Å²) in [6.45, 7) is 6.91. The lowest BCUT2D eigenvalue weighted by Crippen LogP contribution is -2.45. The molecule has 2 N–H and O–H groups in total. The fourth-order valence-corrected chi connectivity index (χ4v) is 3.59. The maximum atomic E-state index is 5.53. The number of hydrogen-bond donors (Lipinski definition) is 2. The summed E-state index contributed by atoms with van der Waals surface area (Å²) in [5, 5.41) is 7.06. The molecule has 2 aromatic rings. The van der Waals surface area contributed by atoms with E-state index in [0.717, 1.165) is 81.8 Å². The lowest BCUT2D eigenvalue weighted by Gasteiger charge is -2.22. The molecular formula is C23H35IN4O3. The SMILES string of the molecule is CCOCCCN=C(NCCc1ccco1)NC1CCN(c2ccccc2OC)C1.I. The van der Waals surface area contributed by atoms with Crippen molar-refractivity contribution in [1.29, 1.82) is 0 Å². The highest BCUT2D eigenvalue weighted by molar-refractivity contribution is 14.0. The minimum Gasteiger partial charge on any atom is -0.495 e. The molecule has 1 atom stereocenters. The summed E-state index contributed by atoms with van der Waals surface area (Å²) in [6, 6.07) is 12.4. The molecule has 0 saturated carbocycles. The second-order valence-electron chi connectivity index (χ2n) is 7.28. The Kier molecular flexibility index (Phi) is 11.6.